The molecule has 1 aliphatic rings. The molecule has 158 valence electrons. The molecule has 5 nitrogen and oxygen atoms in total. The third kappa shape index (κ3) is 5.35. The number of morpholine rings is 1. The lowest BCUT2D eigenvalue weighted by atomic mass is 10.1. The van der Waals surface area contributed by atoms with Crippen molar-refractivity contribution in [1.82, 2.24) is 10.2 Å². The van der Waals surface area contributed by atoms with Crippen molar-refractivity contribution in [1.29, 1.82) is 5.26 Å². The van der Waals surface area contributed by atoms with Crippen LogP contribution in [0.4, 0.5) is 0 Å². The molecule has 31 heavy (non-hydrogen) atoms. The summed E-state index contributed by atoms with van der Waals surface area (Å²) in [6.45, 7) is 3.68. The molecule has 0 radical (unpaired) electrons. The first-order valence-corrected chi connectivity index (χ1v) is 11.9. The van der Waals surface area contributed by atoms with Gasteiger partial charge in [-0.25, -0.2) is 0 Å². The van der Waals surface area contributed by atoms with Crippen LogP contribution in [0.25, 0.3) is 0 Å². The highest BCUT2D eigenvalue weighted by atomic mass is 32.2. The summed E-state index contributed by atoms with van der Waals surface area (Å²) in [6.07, 6.45) is 0. The minimum absolute atomic E-state index is 0.104. The molecule has 1 aromatic heterocycles. The van der Waals surface area contributed by atoms with E-state index in [1.165, 1.54) is 16.6 Å². The highest BCUT2D eigenvalue weighted by Crippen LogP contribution is 2.33. The second-order valence-electron chi connectivity index (χ2n) is 7.10. The Morgan fingerprint density at radius 3 is 2.58 bits per heavy atom. The Morgan fingerprint density at radius 2 is 1.84 bits per heavy atom. The number of carbonyl (C=O) groups is 1. The van der Waals surface area contributed by atoms with E-state index < -0.39 is 0 Å². The Morgan fingerprint density at radius 1 is 1.10 bits per heavy atom. The van der Waals surface area contributed by atoms with Crippen LogP contribution in [0.1, 0.15) is 26.8 Å². The van der Waals surface area contributed by atoms with Crippen LogP contribution in [-0.4, -0.2) is 43.7 Å². The summed E-state index contributed by atoms with van der Waals surface area (Å²) >= 11 is 3.16. The zero-order chi connectivity index (χ0) is 21.5. The Balaban J connectivity index is 1.50. The molecule has 2 heterocycles. The van der Waals surface area contributed by atoms with Gasteiger partial charge in [0.25, 0.3) is 5.91 Å². The summed E-state index contributed by atoms with van der Waals surface area (Å²) in [5, 5.41) is 14.6. The minimum atomic E-state index is -0.104. The van der Waals surface area contributed by atoms with Gasteiger partial charge in [0.05, 0.1) is 30.4 Å². The zero-order valence-corrected chi connectivity index (χ0v) is 18.6. The van der Waals surface area contributed by atoms with E-state index in [4.69, 9.17) is 4.74 Å². The van der Waals surface area contributed by atoms with Crippen molar-refractivity contribution in [2.45, 2.75) is 15.8 Å². The molecule has 1 N–H and O–H groups in total. The van der Waals surface area contributed by atoms with Crippen LogP contribution in [0.5, 0.6) is 0 Å². The molecule has 7 heteroatoms. The predicted octanol–water partition coefficient (Wildman–Crippen LogP) is 4.57. The summed E-state index contributed by atoms with van der Waals surface area (Å²) < 4.78 is 5.50. The zero-order valence-electron chi connectivity index (χ0n) is 17.0. The Bertz CT molecular complexity index is 1060. The van der Waals surface area contributed by atoms with E-state index >= 15 is 0 Å². The van der Waals surface area contributed by atoms with Crippen molar-refractivity contribution in [3.63, 3.8) is 0 Å². The molecule has 0 saturated carbocycles. The average molecular weight is 450 g/mol. The molecule has 1 saturated heterocycles. The van der Waals surface area contributed by atoms with Crippen molar-refractivity contribution in [2.24, 2.45) is 0 Å². The first-order valence-electron chi connectivity index (χ1n) is 10.2. The number of nitrogens with zero attached hydrogens (tertiary/aromatic N) is 2. The molecular weight excluding hydrogens is 426 g/mol. The summed E-state index contributed by atoms with van der Waals surface area (Å²) in [4.78, 5) is 18.4. The number of benzene rings is 2. The fourth-order valence-corrected chi connectivity index (χ4v) is 5.46. The van der Waals surface area contributed by atoms with Crippen LogP contribution in [0, 0.1) is 11.3 Å². The van der Waals surface area contributed by atoms with Gasteiger partial charge in [0.2, 0.25) is 0 Å². The maximum Gasteiger partial charge on any atom is 0.252 e. The topological polar surface area (TPSA) is 65.4 Å². The van der Waals surface area contributed by atoms with E-state index in [0.29, 0.717) is 30.9 Å². The fourth-order valence-electron chi connectivity index (χ4n) is 3.57. The number of amides is 1. The number of carbonyl (C=O) groups excluding carboxylic acids is 1. The largest absolute Gasteiger partial charge is 0.379 e. The molecule has 1 aliphatic heterocycles. The molecule has 3 aromatic rings. The summed E-state index contributed by atoms with van der Waals surface area (Å²) in [6, 6.07) is 21.5. The maximum atomic E-state index is 13.1. The molecule has 2 aromatic carbocycles. The number of hydrogen-bond acceptors (Lipinski definition) is 6. The molecule has 1 fully saturated rings. The molecule has 4 rings (SSSR count). The van der Waals surface area contributed by atoms with Crippen LogP contribution in [-0.2, 0) is 4.74 Å². The molecular formula is C24H23N3O2S2. The molecule has 0 aliphatic carbocycles. The van der Waals surface area contributed by atoms with E-state index in [2.05, 4.69) is 27.7 Å². The van der Waals surface area contributed by atoms with Gasteiger partial charge in [0, 0.05) is 34.3 Å². The van der Waals surface area contributed by atoms with Gasteiger partial charge in [-0.05, 0) is 35.7 Å². The van der Waals surface area contributed by atoms with Crippen LogP contribution in [0.2, 0.25) is 0 Å². The highest BCUT2D eigenvalue weighted by molar-refractivity contribution is 7.99. The molecule has 1 amide bonds. The summed E-state index contributed by atoms with van der Waals surface area (Å²) in [7, 11) is 0. The van der Waals surface area contributed by atoms with Crippen LogP contribution in [0.3, 0.4) is 0 Å². The molecule has 0 bridgehead atoms. The normalized spacial score (nSPS) is 15.2. The first-order chi connectivity index (χ1) is 15.3. The third-order valence-corrected chi connectivity index (χ3v) is 7.30. The molecule has 1 atom stereocenters. The summed E-state index contributed by atoms with van der Waals surface area (Å²) in [5.41, 5.74) is 1.22. The smallest absolute Gasteiger partial charge is 0.252 e. The number of nitrogens with one attached hydrogen (secondary N) is 1. The summed E-state index contributed by atoms with van der Waals surface area (Å²) in [5.74, 6) is -0.104. The van der Waals surface area contributed by atoms with Gasteiger partial charge >= 0.3 is 0 Å². The molecule has 0 spiro atoms. The van der Waals surface area contributed by atoms with Gasteiger partial charge in [-0.15, -0.1) is 11.3 Å². The third-order valence-electron chi connectivity index (χ3n) is 5.17. The SMILES string of the molecule is N#Cc1ccccc1Sc1ccccc1C(=O)NC[C@H](c1cccs1)N1CCOCC1. The average Bonchev–Trinajstić information content (AvgIpc) is 3.35. The standard InChI is InChI=1S/C24H23N3O2S2/c25-16-18-6-1-3-8-21(18)31-22-9-4-2-7-19(22)24(28)26-17-20(23-10-5-15-30-23)27-11-13-29-14-12-27/h1-10,15,20H,11-14,17H2,(H,26,28)/t20-/m1/s1. The van der Waals surface area contributed by atoms with Gasteiger partial charge in [0.1, 0.15) is 6.07 Å². The van der Waals surface area contributed by atoms with Gasteiger partial charge in [-0.2, -0.15) is 5.26 Å². The van der Waals surface area contributed by atoms with E-state index in [-0.39, 0.29) is 11.9 Å². The van der Waals surface area contributed by atoms with Gasteiger partial charge < -0.3 is 10.1 Å². The number of nitriles is 1. The maximum absolute atomic E-state index is 13.1. The number of thiophene rings is 1. The van der Waals surface area contributed by atoms with Crippen molar-refractivity contribution in [3.05, 3.63) is 82.0 Å². The lowest BCUT2D eigenvalue weighted by Gasteiger charge is -2.34. The fraction of sp³-hybridized carbons (Fsp3) is 0.250. The lowest BCUT2D eigenvalue weighted by Crippen LogP contribution is -2.43. The van der Waals surface area contributed by atoms with E-state index in [0.717, 1.165) is 22.9 Å². The van der Waals surface area contributed by atoms with Crippen molar-refractivity contribution >= 4 is 29.0 Å². The monoisotopic (exact) mass is 449 g/mol. The molecule has 0 unspecified atom stereocenters. The number of ether oxygens (including phenoxy) is 1. The van der Waals surface area contributed by atoms with E-state index in [1.54, 1.807) is 17.4 Å². The van der Waals surface area contributed by atoms with E-state index in [1.807, 2.05) is 48.5 Å². The van der Waals surface area contributed by atoms with Gasteiger partial charge in [0.15, 0.2) is 0 Å². The van der Waals surface area contributed by atoms with Crippen LogP contribution >= 0.6 is 23.1 Å². The number of hydrogen-bond donors (Lipinski definition) is 1. The number of rotatable bonds is 7. The van der Waals surface area contributed by atoms with Crippen LogP contribution < -0.4 is 5.32 Å². The Hall–Kier alpha value is -2.63. The van der Waals surface area contributed by atoms with Gasteiger partial charge in [-0.1, -0.05) is 42.1 Å². The predicted molar refractivity (Wildman–Crippen MR) is 124 cm³/mol. The second kappa shape index (κ2) is 10.6. The highest BCUT2D eigenvalue weighted by Gasteiger charge is 2.24. The van der Waals surface area contributed by atoms with Crippen LogP contribution in [0.15, 0.2) is 75.8 Å². The Kier molecular flexibility index (Phi) is 7.39. The first kappa shape index (κ1) is 21.6. The quantitative estimate of drug-likeness (QED) is 0.572. The van der Waals surface area contributed by atoms with Crippen molar-refractivity contribution < 1.29 is 9.53 Å². The van der Waals surface area contributed by atoms with Gasteiger partial charge in [-0.3, -0.25) is 9.69 Å². The van der Waals surface area contributed by atoms with E-state index in [9.17, 15) is 10.1 Å². The van der Waals surface area contributed by atoms with Crippen molar-refractivity contribution in [3.8, 4) is 6.07 Å². The minimum Gasteiger partial charge on any atom is -0.379 e. The van der Waals surface area contributed by atoms with Crippen molar-refractivity contribution in [2.75, 3.05) is 32.8 Å². The Labute approximate surface area is 190 Å². The second-order valence-corrected chi connectivity index (χ2v) is 9.16. The lowest BCUT2D eigenvalue weighted by molar-refractivity contribution is 0.0169.